The smallest absolute Gasteiger partial charge is 0.235 e. The number of hydrogen-bond acceptors (Lipinski definition) is 10. The SMILES string of the molecule is O=c1c(O)c(-c2ccc(O)c(O)c2)oc2cc(O)ccc12.O=c1cc(-c2ccccc2)oc2cc(O)cc(O)c12. The van der Waals surface area contributed by atoms with E-state index in [1.165, 1.54) is 42.5 Å². The molecule has 6 rings (SSSR count). The van der Waals surface area contributed by atoms with E-state index >= 15 is 0 Å². The first-order chi connectivity index (χ1) is 19.1. The lowest BCUT2D eigenvalue weighted by molar-refractivity contribution is 0.403. The third-order valence-corrected chi connectivity index (χ3v) is 5.94. The van der Waals surface area contributed by atoms with Crippen molar-refractivity contribution in [2.75, 3.05) is 0 Å². The fourth-order valence-electron chi connectivity index (χ4n) is 4.03. The Labute approximate surface area is 224 Å². The number of aromatic hydroxyl groups is 6. The second kappa shape index (κ2) is 10.1. The quantitative estimate of drug-likeness (QED) is 0.161. The van der Waals surface area contributed by atoms with Crippen LogP contribution in [0.5, 0.6) is 34.5 Å². The van der Waals surface area contributed by atoms with E-state index in [0.29, 0.717) is 5.76 Å². The van der Waals surface area contributed by atoms with Crippen LogP contribution >= 0.6 is 0 Å². The molecule has 0 spiro atoms. The second-order valence-electron chi connectivity index (χ2n) is 8.67. The van der Waals surface area contributed by atoms with Gasteiger partial charge < -0.3 is 39.5 Å². The van der Waals surface area contributed by atoms with Gasteiger partial charge in [-0.2, -0.15) is 0 Å². The maximum atomic E-state index is 12.1. The molecule has 0 amide bonds. The molecule has 0 aliphatic rings. The van der Waals surface area contributed by atoms with Gasteiger partial charge in [-0.3, -0.25) is 9.59 Å². The van der Waals surface area contributed by atoms with Crippen molar-refractivity contribution in [2.24, 2.45) is 0 Å². The van der Waals surface area contributed by atoms with Crippen LogP contribution in [-0.2, 0) is 0 Å². The highest BCUT2D eigenvalue weighted by Gasteiger charge is 2.17. The highest BCUT2D eigenvalue weighted by molar-refractivity contribution is 5.86. The molecule has 4 aromatic carbocycles. The molecule has 2 heterocycles. The molecular weight excluding hydrogens is 520 g/mol. The summed E-state index contributed by atoms with van der Waals surface area (Å²) in [5.41, 5.74) is 0.218. The summed E-state index contributed by atoms with van der Waals surface area (Å²) in [7, 11) is 0. The van der Waals surface area contributed by atoms with Gasteiger partial charge in [0.15, 0.2) is 22.7 Å². The minimum absolute atomic E-state index is 0.0671. The molecule has 0 aliphatic heterocycles. The van der Waals surface area contributed by atoms with Gasteiger partial charge in [-0.05, 0) is 30.3 Å². The van der Waals surface area contributed by atoms with Crippen molar-refractivity contribution >= 4 is 21.9 Å². The number of hydrogen-bond donors (Lipinski definition) is 6. The van der Waals surface area contributed by atoms with E-state index in [9.17, 15) is 40.2 Å². The normalized spacial score (nSPS) is 10.8. The predicted molar refractivity (Wildman–Crippen MR) is 146 cm³/mol. The van der Waals surface area contributed by atoms with Crippen LogP contribution < -0.4 is 10.9 Å². The fraction of sp³-hybridized carbons (Fsp3) is 0. The summed E-state index contributed by atoms with van der Waals surface area (Å²) in [5, 5.41) is 57.5. The van der Waals surface area contributed by atoms with Crippen LogP contribution in [-0.4, -0.2) is 30.6 Å². The van der Waals surface area contributed by atoms with E-state index in [0.717, 1.165) is 17.7 Å². The van der Waals surface area contributed by atoms with Gasteiger partial charge in [0.25, 0.3) is 0 Å². The van der Waals surface area contributed by atoms with Crippen molar-refractivity contribution in [2.45, 2.75) is 0 Å². The first kappa shape index (κ1) is 25.7. The highest BCUT2D eigenvalue weighted by Crippen LogP contribution is 2.35. The Bertz CT molecular complexity index is 2010. The molecule has 10 heteroatoms. The zero-order valence-electron chi connectivity index (χ0n) is 20.4. The summed E-state index contributed by atoms with van der Waals surface area (Å²) in [5.74, 6) is -1.66. The first-order valence-electron chi connectivity index (χ1n) is 11.7. The van der Waals surface area contributed by atoms with Gasteiger partial charge in [0.05, 0.1) is 5.39 Å². The Morgan fingerprint density at radius 3 is 2.00 bits per heavy atom. The Balaban J connectivity index is 0.000000162. The lowest BCUT2D eigenvalue weighted by Gasteiger charge is -2.07. The number of phenolic OH excluding ortho intramolecular Hbond substituents is 5. The van der Waals surface area contributed by atoms with Crippen LogP contribution in [0.4, 0.5) is 0 Å². The minimum Gasteiger partial charge on any atom is -0.508 e. The van der Waals surface area contributed by atoms with E-state index in [-0.39, 0.29) is 61.7 Å². The van der Waals surface area contributed by atoms with Gasteiger partial charge in [0.2, 0.25) is 11.2 Å². The van der Waals surface area contributed by atoms with E-state index < -0.39 is 16.9 Å². The summed E-state index contributed by atoms with van der Waals surface area (Å²) in [6, 6.07) is 20.5. The Kier molecular flexibility index (Phi) is 6.50. The predicted octanol–water partition coefficient (Wildman–Crippen LogP) is 5.15. The maximum Gasteiger partial charge on any atom is 0.235 e. The molecule has 40 heavy (non-hydrogen) atoms. The van der Waals surface area contributed by atoms with E-state index in [4.69, 9.17) is 8.83 Å². The molecule has 0 bridgehead atoms. The monoisotopic (exact) mass is 540 g/mol. The van der Waals surface area contributed by atoms with Crippen LogP contribution in [0.25, 0.3) is 44.6 Å². The van der Waals surface area contributed by atoms with Gasteiger partial charge >= 0.3 is 0 Å². The molecule has 6 aromatic rings. The highest BCUT2D eigenvalue weighted by atomic mass is 16.4. The first-order valence-corrected chi connectivity index (χ1v) is 11.7. The van der Waals surface area contributed by atoms with Crippen LogP contribution in [0.15, 0.2) is 103 Å². The van der Waals surface area contributed by atoms with Gasteiger partial charge in [-0.15, -0.1) is 0 Å². The molecule has 0 aliphatic carbocycles. The molecule has 0 radical (unpaired) electrons. The summed E-state index contributed by atoms with van der Waals surface area (Å²) in [6.45, 7) is 0. The van der Waals surface area contributed by atoms with Crippen LogP contribution in [0.2, 0.25) is 0 Å². The van der Waals surface area contributed by atoms with Crippen molar-refractivity contribution < 1.29 is 39.5 Å². The van der Waals surface area contributed by atoms with Crippen LogP contribution in [0.3, 0.4) is 0 Å². The van der Waals surface area contributed by atoms with Gasteiger partial charge in [-0.25, -0.2) is 0 Å². The number of benzene rings is 4. The minimum atomic E-state index is -0.654. The van der Waals surface area contributed by atoms with Crippen molar-refractivity contribution in [3.8, 4) is 57.1 Å². The third-order valence-electron chi connectivity index (χ3n) is 5.94. The Morgan fingerprint density at radius 1 is 0.550 bits per heavy atom. The van der Waals surface area contributed by atoms with E-state index in [1.54, 1.807) is 0 Å². The Hall–Kier alpha value is -5.90. The zero-order chi connectivity index (χ0) is 28.6. The average Bonchev–Trinajstić information content (AvgIpc) is 2.92. The number of fused-ring (bicyclic) bond motifs is 2. The molecule has 10 nitrogen and oxygen atoms in total. The fourth-order valence-corrected chi connectivity index (χ4v) is 4.03. The van der Waals surface area contributed by atoms with E-state index in [1.807, 2.05) is 30.3 Å². The van der Waals surface area contributed by atoms with Crippen molar-refractivity contribution in [3.05, 3.63) is 105 Å². The van der Waals surface area contributed by atoms with Crippen molar-refractivity contribution in [1.29, 1.82) is 0 Å². The molecule has 0 fully saturated rings. The van der Waals surface area contributed by atoms with E-state index in [2.05, 4.69) is 0 Å². The number of rotatable bonds is 2. The lowest BCUT2D eigenvalue weighted by atomic mass is 10.1. The maximum absolute atomic E-state index is 12.1. The largest absolute Gasteiger partial charge is 0.508 e. The second-order valence-corrected chi connectivity index (χ2v) is 8.67. The molecule has 200 valence electrons. The molecule has 0 saturated carbocycles. The molecular formula is C30H20O10. The summed E-state index contributed by atoms with van der Waals surface area (Å²) in [4.78, 5) is 24.1. The number of phenols is 5. The Morgan fingerprint density at radius 2 is 1.27 bits per heavy atom. The standard InChI is InChI=1S/C15H10O6.C15H10O4/c16-8-2-3-9-12(6-8)21-15(14(20)13(9)19)7-1-4-10(17)11(18)5-7;16-10-6-11(17)15-12(18)8-13(19-14(15)7-10)9-4-2-1-3-5-9/h1-6,16-18,20H;1-8,16-17H. The summed E-state index contributed by atoms with van der Waals surface area (Å²) >= 11 is 0. The molecule has 0 saturated heterocycles. The molecule has 0 unspecified atom stereocenters. The van der Waals surface area contributed by atoms with Gasteiger partial charge in [-0.1, -0.05) is 30.3 Å². The summed E-state index contributed by atoms with van der Waals surface area (Å²) < 4.78 is 11.0. The topological polar surface area (TPSA) is 182 Å². The van der Waals surface area contributed by atoms with Crippen molar-refractivity contribution in [3.63, 3.8) is 0 Å². The van der Waals surface area contributed by atoms with Crippen molar-refractivity contribution in [1.82, 2.24) is 0 Å². The zero-order valence-corrected chi connectivity index (χ0v) is 20.4. The van der Waals surface area contributed by atoms with Gasteiger partial charge in [0, 0.05) is 35.4 Å². The van der Waals surface area contributed by atoms with Crippen LogP contribution in [0, 0.1) is 0 Å². The molecule has 6 N–H and O–H groups in total. The molecule has 0 atom stereocenters. The molecule has 2 aromatic heterocycles. The summed E-state index contributed by atoms with van der Waals surface area (Å²) in [6.07, 6.45) is 0. The average molecular weight is 540 g/mol. The lowest BCUT2D eigenvalue weighted by Crippen LogP contribution is -2.02. The van der Waals surface area contributed by atoms with Crippen LogP contribution in [0.1, 0.15) is 0 Å². The third kappa shape index (κ3) is 4.84. The van der Waals surface area contributed by atoms with Gasteiger partial charge in [0.1, 0.15) is 39.6 Å².